The van der Waals surface area contributed by atoms with E-state index in [9.17, 15) is 5.11 Å². The summed E-state index contributed by atoms with van der Waals surface area (Å²) in [6, 6.07) is 7.51. The van der Waals surface area contributed by atoms with Crippen LogP contribution in [0, 0.1) is 13.8 Å². The van der Waals surface area contributed by atoms with Crippen molar-refractivity contribution in [1.29, 1.82) is 0 Å². The highest BCUT2D eigenvalue weighted by atomic mass is 16.3. The molecule has 2 fully saturated rings. The first kappa shape index (κ1) is 12.2. The van der Waals surface area contributed by atoms with E-state index in [0.29, 0.717) is 12.1 Å². The van der Waals surface area contributed by atoms with Crippen LogP contribution in [-0.2, 0) is 6.42 Å². The molecule has 0 aromatic heterocycles. The summed E-state index contributed by atoms with van der Waals surface area (Å²) in [5.41, 5.74) is 3.50. The summed E-state index contributed by atoms with van der Waals surface area (Å²) in [5, 5.41) is 14.5. The molecule has 2 nitrogen and oxygen atoms in total. The van der Waals surface area contributed by atoms with Crippen molar-refractivity contribution in [2.24, 2.45) is 0 Å². The van der Waals surface area contributed by atoms with Gasteiger partial charge in [-0.2, -0.15) is 0 Å². The van der Waals surface area contributed by atoms with Gasteiger partial charge in [-0.3, -0.25) is 0 Å². The third kappa shape index (κ3) is 2.19. The molecular formula is C16H23NO. The second kappa shape index (κ2) is 4.36. The molecule has 2 atom stereocenters. The van der Waals surface area contributed by atoms with Gasteiger partial charge in [-0.25, -0.2) is 0 Å². The number of aliphatic hydroxyl groups is 1. The Morgan fingerprint density at radius 1 is 1.22 bits per heavy atom. The number of aryl methyl sites for hydroxylation is 1. The lowest BCUT2D eigenvalue weighted by Gasteiger charge is -2.37. The maximum atomic E-state index is 10.9. The van der Waals surface area contributed by atoms with E-state index < -0.39 is 5.60 Å². The van der Waals surface area contributed by atoms with Crippen LogP contribution in [0.3, 0.4) is 0 Å². The summed E-state index contributed by atoms with van der Waals surface area (Å²) in [4.78, 5) is 0. The van der Waals surface area contributed by atoms with E-state index in [1.165, 1.54) is 29.5 Å². The average Bonchev–Trinajstić information content (AvgIpc) is 2.65. The standard InChI is InChI=1S/C16H23NO/c1-11-4-3-5-13(12(11)2)8-16(18)9-14-6-7-15(10-16)17-14/h3-5,14-15,17-18H,6-10H2,1-2H3. The van der Waals surface area contributed by atoms with Crippen LogP contribution in [0.1, 0.15) is 42.4 Å². The lowest BCUT2D eigenvalue weighted by molar-refractivity contribution is -0.00621. The Balaban J connectivity index is 1.81. The second-order valence-corrected chi connectivity index (χ2v) is 6.31. The summed E-state index contributed by atoms with van der Waals surface area (Å²) in [6.45, 7) is 4.32. The van der Waals surface area contributed by atoms with Crippen molar-refractivity contribution in [2.75, 3.05) is 0 Å². The minimum Gasteiger partial charge on any atom is -0.389 e. The van der Waals surface area contributed by atoms with Gasteiger partial charge in [0.1, 0.15) is 0 Å². The predicted molar refractivity (Wildman–Crippen MR) is 73.7 cm³/mol. The van der Waals surface area contributed by atoms with Crippen LogP contribution >= 0.6 is 0 Å². The first-order chi connectivity index (χ1) is 8.56. The van der Waals surface area contributed by atoms with Crippen molar-refractivity contribution in [3.8, 4) is 0 Å². The highest BCUT2D eigenvalue weighted by Gasteiger charge is 2.42. The number of rotatable bonds is 2. The molecule has 18 heavy (non-hydrogen) atoms. The van der Waals surface area contributed by atoms with Crippen LogP contribution in [-0.4, -0.2) is 22.8 Å². The fraction of sp³-hybridized carbons (Fsp3) is 0.625. The van der Waals surface area contributed by atoms with E-state index in [-0.39, 0.29) is 0 Å². The summed E-state index contributed by atoms with van der Waals surface area (Å²) >= 11 is 0. The number of fused-ring (bicyclic) bond motifs is 2. The van der Waals surface area contributed by atoms with E-state index in [2.05, 4.69) is 37.4 Å². The van der Waals surface area contributed by atoms with E-state index in [1.54, 1.807) is 0 Å². The summed E-state index contributed by atoms with van der Waals surface area (Å²) in [6.07, 6.45) is 5.11. The monoisotopic (exact) mass is 245 g/mol. The molecule has 2 heterocycles. The van der Waals surface area contributed by atoms with Crippen molar-refractivity contribution in [2.45, 2.75) is 63.6 Å². The van der Waals surface area contributed by atoms with Crippen LogP contribution in [0.5, 0.6) is 0 Å². The van der Waals surface area contributed by atoms with Gasteiger partial charge in [0.25, 0.3) is 0 Å². The molecule has 0 spiro atoms. The Bertz CT molecular complexity index is 442. The van der Waals surface area contributed by atoms with E-state index in [0.717, 1.165) is 19.3 Å². The number of piperidine rings is 1. The Morgan fingerprint density at radius 3 is 2.56 bits per heavy atom. The first-order valence-corrected chi connectivity index (χ1v) is 7.09. The molecule has 3 rings (SSSR count). The summed E-state index contributed by atoms with van der Waals surface area (Å²) in [5.74, 6) is 0. The largest absolute Gasteiger partial charge is 0.389 e. The Labute approximate surface area is 109 Å². The van der Waals surface area contributed by atoms with E-state index in [4.69, 9.17) is 0 Å². The molecule has 2 aliphatic heterocycles. The molecule has 2 aliphatic rings. The average molecular weight is 245 g/mol. The normalized spacial score (nSPS) is 34.8. The van der Waals surface area contributed by atoms with Crippen LogP contribution in [0.25, 0.3) is 0 Å². The quantitative estimate of drug-likeness (QED) is 0.839. The van der Waals surface area contributed by atoms with Crippen molar-refractivity contribution >= 4 is 0 Å². The molecule has 0 radical (unpaired) electrons. The van der Waals surface area contributed by atoms with Crippen LogP contribution < -0.4 is 5.32 Å². The number of hydrogen-bond donors (Lipinski definition) is 2. The molecule has 2 unspecified atom stereocenters. The number of benzene rings is 1. The second-order valence-electron chi connectivity index (χ2n) is 6.31. The molecule has 1 aromatic rings. The molecule has 1 aromatic carbocycles. The van der Waals surface area contributed by atoms with Crippen molar-refractivity contribution in [3.05, 3.63) is 34.9 Å². The molecule has 0 aliphatic carbocycles. The third-order valence-electron chi connectivity index (χ3n) is 4.82. The smallest absolute Gasteiger partial charge is 0.0717 e. The minimum atomic E-state index is -0.490. The zero-order valence-corrected chi connectivity index (χ0v) is 11.4. The molecule has 0 saturated carbocycles. The van der Waals surface area contributed by atoms with Crippen molar-refractivity contribution in [1.82, 2.24) is 5.32 Å². The Morgan fingerprint density at radius 2 is 1.89 bits per heavy atom. The Hall–Kier alpha value is -0.860. The number of hydrogen-bond acceptors (Lipinski definition) is 2. The molecule has 2 bridgehead atoms. The zero-order chi connectivity index (χ0) is 12.8. The molecule has 2 saturated heterocycles. The fourth-order valence-corrected chi connectivity index (χ4v) is 3.73. The highest BCUT2D eigenvalue weighted by molar-refractivity contribution is 5.34. The van der Waals surface area contributed by atoms with Crippen LogP contribution in [0.4, 0.5) is 0 Å². The maximum Gasteiger partial charge on any atom is 0.0717 e. The van der Waals surface area contributed by atoms with Crippen molar-refractivity contribution < 1.29 is 5.11 Å². The van der Waals surface area contributed by atoms with E-state index in [1.807, 2.05) is 0 Å². The molecule has 98 valence electrons. The Kier molecular flexibility index (Phi) is 2.95. The van der Waals surface area contributed by atoms with E-state index >= 15 is 0 Å². The number of nitrogens with one attached hydrogen (secondary N) is 1. The van der Waals surface area contributed by atoms with Gasteiger partial charge in [-0.1, -0.05) is 18.2 Å². The van der Waals surface area contributed by atoms with Gasteiger partial charge in [-0.05, 0) is 56.2 Å². The zero-order valence-electron chi connectivity index (χ0n) is 11.4. The predicted octanol–water partition coefficient (Wildman–Crippen LogP) is 2.49. The molecule has 2 N–H and O–H groups in total. The molecule has 2 heteroatoms. The SMILES string of the molecule is Cc1cccc(CC2(O)CC3CCC(C2)N3)c1C. The lowest BCUT2D eigenvalue weighted by atomic mass is 9.81. The molecular weight excluding hydrogens is 222 g/mol. The van der Waals surface area contributed by atoms with Gasteiger partial charge in [0.05, 0.1) is 5.60 Å². The van der Waals surface area contributed by atoms with Gasteiger partial charge < -0.3 is 10.4 Å². The summed E-state index contributed by atoms with van der Waals surface area (Å²) in [7, 11) is 0. The van der Waals surface area contributed by atoms with Crippen molar-refractivity contribution in [3.63, 3.8) is 0 Å². The van der Waals surface area contributed by atoms with Gasteiger partial charge in [0.15, 0.2) is 0 Å². The first-order valence-electron chi connectivity index (χ1n) is 7.09. The maximum absolute atomic E-state index is 10.9. The van der Waals surface area contributed by atoms with Gasteiger partial charge in [0, 0.05) is 18.5 Å². The minimum absolute atomic E-state index is 0.490. The third-order valence-corrected chi connectivity index (χ3v) is 4.82. The van der Waals surface area contributed by atoms with Crippen LogP contribution in [0.2, 0.25) is 0 Å². The van der Waals surface area contributed by atoms with Gasteiger partial charge in [-0.15, -0.1) is 0 Å². The van der Waals surface area contributed by atoms with Gasteiger partial charge in [0.2, 0.25) is 0 Å². The topological polar surface area (TPSA) is 32.3 Å². The summed E-state index contributed by atoms with van der Waals surface area (Å²) < 4.78 is 0. The lowest BCUT2D eigenvalue weighted by Crippen LogP contribution is -2.49. The van der Waals surface area contributed by atoms with Crippen LogP contribution in [0.15, 0.2) is 18.2 Å². The van der Waals surface area contributed by atoms with Gasteiger partial charge >= 0.3 is 0 Å². The fourth-order valence-electron chi connectivity index (χ4n) is 3.73. The highest BCUT2D eigenvalue weighted by Crippen LogP contribution is 2.36. The molecule has 0 amide bonds.